The molecular weight excluding hydrogens is 439 g/mol. The van der Waals surface area contributed by atoms with Gasteiger partial charge in [0.1, 0.15) is 5.82 Å². The first-order chi connectivity index (χ1) is 15.9. The lowest BCUT2D eigenvalue weighted by atomic mass is 9.85. The molecule has 0 unspecified atom stereocenters. The molecule has 1 saturated heterocycles. The maximum atomic E-state index is 13.3. The van der Waals surface area contributed by atoms with Crippen LogP contribution in [-0.4, -0.2) is 17.4 Å². The largest absolute Gasteiger partial charge is 0.350 e. The minimum absolute atomic E-state index is 0.0131. The normalized spacial score (nSPS) is 18.5. The molecule has 0 aromatic heterocycles. The molecule has 0 radical (unpaired) electrons. The molecule has 3 aromatic carbocycles. The quantitative estimate of drug-likeness (QED) is 0.471. The number of rotatable bonds is 8. The first-order valence-electron chi connectivity index (χ1n) is 11.1. The smallest absolute Gasteiger partial charge is 0.220 e. The second kappa shape index (κ2) is 10.2. The average molecular weight is 465 g/mol. The lowest BCUT2D eigenvalue weighted by Crippen LogP contribution is -2.44. The molecule has 0 saturated carbocycles. The predicted octanol–water partition coefficient (Wildman–Crippen LogP) is 5.36. The van der Waals surface area contributed by atoms with Crippen LogP contribution in [-0.2, 0) is 16.0 Å². The molecular formula is C27H26ClFN2O2. The van der Waals surface area contributed by atoms with Crippen molar-refractivity contribution in [2.24, 2.45) is 0 Å². The van der Waals surface area contributed by atoms with Crippen molar-refractivity contribution in [1.29, 1.82) is 0 Å². The number of carbonyl (C=O) groups excluding carboxylic acids is 2. The van der Waals surface area contributed by atoms with Crippen LogP contribution in [0.15, 0.2) is 78.9 Å². The van der Waals surface area contributed by atoms with Gasteiger partial charge >= 0.3 is 0 Å². The van der Waals surface area contributed by atoms with Crippen LogP contribution in [0, 0.1) is 5.82 Å². The van der Waals surface area contributed by atoms with Crippen molar-refractivity contribution in [3.63, 3.8) is 0 Å². The Morgan fingerprint density at radius 2 is 1.67 bits per heavy atom. The van der Waals surface area contributed by atoms with Gasteiger partial charge in [-0.1, -0.05) is 66.2 Å². The van der Waals surface area contributed by atoms with Crippen molar-refractivity contribution in [2.45, 2.75) is 43.7 Å². The highest BCUT2D eigenvalue weighted by molar-refractivity contribution is 6.30. The summed E-state index contributed by atoms with van der Waals surface area (Å²) in [5, 5.41) is 6.87. The van der Waals surface area contributed by atoms with Crippen molar-refractivity contribution in [3.05, 3.63) is 106 Å². The third-order valence-electron chi connectivity index (χ3n) is 6.16. The highest BCUT2D eigenvalue weighted by Gasteiger charge is 2.38. The number of nitrogens with one attached hydrogen (secondary N) is 2. The molecule has 1 aliphatic heterocycles. The van der Waals surface area contributed by atoms with Crippen LogP contribution in [0.2, 0.25) is 5.02 Å². The minimum atomic E-state index is -0.505. The van der Waals surface area contributed by atoms with Crippen LogP contribution < -0.4 is 10.6 Å². The number of hydrogen-bond acceptors (Lipinski definition) is 2. The third-order valence-corrected chi connectivity index (χ3v) is 6.42. The zero-order valence-electron chi connectivity index (χ0n) is 18.2. The fraction of sp³-hybridized carbons (Fsp3) is 0.259. The summed E-state index contributed by atoms with van der Waals surface area (Å²) in [7, 11) is 0. The van der Waals surface area contributed by atoms with E-state index in [1.54, 1.807) is 12.1 Å². The third kappa shape index (κ3) is 5.99. The second-order valence-corrected chi connectivity index (χ2v) is 9.03. The van der Waals surface area contributed by atoms with Crippen molar-refractivity contribution in [3.8, 4) is 0 Å². The summed E-state index contributed by atoms with van der Waals surface area (Å²) in [5.41, 5.74) is 2.34. The van der Waals surface area contributed by atoms with Crippen LogP contribution in [0.3, 0.4) is 0 Å². The van der Waals surface area contributed by atoms with Crippen LogP contribution in [0.4, 0.5) is 4.39 Å². The first kappa shape index (κ1) is 23.0. The van der Waals surface area contributed by atoms with Gasteiger partial charge in [0.2, 0.25) is 11.8 Å². The van der Waals surface area contributed by atoms with E-state index in [9.17, 15) is 14.0 Å². The predicted molar refractivity (Wildman–Crippen MR) is 127 cm³/mol. The second-order valence-electron chi connectivity index (χ2n) is 8.59. The zero-order valence-corrected chi connectivity index (χ0v) is 18.9. The van der Waals surface area contributed by atoms with E-state index in [1.807, 2.05) is 54.6 Å². The molecule has 2 N–H and O–H groups in total. The van der Waals surface area contributed by atoms with Gasteiger partial charge in [0.25, 0.3) is 0 Å². The SMILES string of the molecule is O=C(CC[C@@]1(Cc2ccc(F)cc2)CCC(=O)N1)N[C@H](c1ccccc1)c1ccc(Cl)cc1. The molecule has 33 heavy (non-hydrogen) atoms. The highest BCUT2D eigenvalue weighted by atomic mass is 35.5. The molecule has 1 heterocycles. The Morgan fingerprint density at radius 3 is 2.30 bits per heavy atom. The van der Waals surface area contributed by atoms with E-state index in [0.29, 0.717) is 30.7 Å². The summed E-state index contributed by atoms with van der Waals surface area (Å²) < 4.78 is 13.3. The molecule has 4 nitrogen and oxygen atoms in total. The Hall–Kier alpha value is -3.18. The van der Waals surface area contributed by atoms with Crippen molar-refractivity contribution in [2.75, 3.05) is 0 Å². The molecule has 3 aromatic rings. The number of amides is 2. The van der Waals surface area contributed by atoms with Crippen LogP contribution in [0.1, 0.15) is 48.4 Å². The lowest BCUT2D eigenvalue weighted by Gasteiger charge is -2.30. The molecule has 4 rings (SSSR count). The van der Waals surface area contributed by atoms with Crippen LogP contribution in [0.5, 0.6) is 0 Å². The maximum absolute atomic E-state index is 13.3. The fourth-order valence-electron chi connectivity index (χ4n) is 4.42. The Morgan fingerprint density at radius 1 is 1.00 bits per heavy atom. The van der Waals surface area contributed by atoms with Crippen LogP contribution >= 0.6 is 11.6 Å². The monoisotopic (exact) mass is 464 g/mol. The standard InChI is InChI=1S/C27H26ClFN2O2/c28-22-10-8-21(9-11-22)26(20-4-2-1-3-5-20)30-24(32)14-16-27(17-15-25(33)31-27)18-19-6-12-23(29)13-7-19/h1-13,26H,14-18H2,(H,30,32)(H,31,33)/t26-,27+/m1/s1. The lowest BCUT2D eigenvalue weighted by molar-refractivity contribution is -0.123. The van der Waals surface area contributed by atoms with Crippen molar-refractivity contribution >= 4 is 23.4 Å². The van der Waals surface area contributed by atoms with Gasteiger partial charge in [-0.25, -0.2) is 4.39 Å². The summed E-state index contributed by atoms with van der Waals surface area (Å²) in [6.07, 6.45) is 2.41. The van der Waals surface area contributed by atoms with E-state index >= 15 is 0 Å². The van der Waals surface area contributed by atoms with E-state index in [2.05, 4.69) is 10.6 Å². The minimum Gasteiger partial charge on any atom is -0.350 e. The Kier molecular flexibility index (Phi) is 7.09. The number of carbonyl (C=O) groups is 2. The van der Waals surface area contributed by atoms with E-state index in [1.165, 1.54) is 12.1 Å². The summed E-state index contributed by atoms with van der Waals surface area (Å²) in [4.78, 5) is 25.1. The maximum Gasteiger partial charge on any atom is 0.220 e. The average Bonchev–Trinajstić information content (AvgIpc) is 3.19. The molecule has 0 spiro atoms. The van der Waals surface area contributed by atoms with E-state index in [0.717, 1.165) is 16.7 Å². The number of halogens is 2. The fourth-order valence-corrected chi connectivity index (χ4v) is 4.55. The van der Waals surface area contributed by atoms with Crippen molar-refractivity contribution in [1.82, 2.24) is 10.6 Å². The van der Waals surface area contributed by atoms with Gasteiger partial charge in [0, 0.05) is 23.4 Å². The molecule has 170 valence electrons. The Balaban J connectivity index is 1.47. The Labute approximate surface area is 198 Å². The van der Waals surface area contributed by atoms with Gasteiger partial charge in [-0.2, -0.15) is 0 Å². The van der Waals surface area contributed by atoms with E-state index < -0.39 is 5.54 Å². The summed E-state index contributed by atoms with van der Waals surface area (Å²) in [6.45, 7) is 0. The topological polar surface area (TPSA) is 58.2 Å². The van der Waals surface area contributed by atoms with Gasteiger partial charge in [0.15, 0.2) is 0 Å². The van der Waals surface area contributed by atoms with Crippen molar-refractivity contribution < 1.29 is 14.0 Å². The molecule has 1 fully saturated rings. The number of hydrogen-bond donors (Lipinski definition) is 2. The summed E-state index contributed by atoms with van der Waals surface area (Å²) in [5.74, 6) is -0.406. The van der Waals surface area contributed by atoms with Crippen LogP contribution in [0.25, 0.3) is 0 Å². The summed E-state index contributed by atoms with van der Waals surface area (Å²) in [6, 6.07) is 23.2. The zero-order chi connectivity index (χ0) is 23.3. The molecule has 1 aliphatic rings. The van der Waals surface area contributed by atoms with E-state index in [-0.39, 0.29) is 30.1 Å². The Bertz CT molecular complexity index is 1100. The van der Waals surface area contributed by atoms with Gasteiger partial charge < -0.3 is 10.6 Å². The van der Waals surface area contributed by atoms with Gasteiger partial charge in [-0.3, -0.25) is 9.59 Å². The molecule has 2 amide bonds. The number of benzene rings is 3. The van der Waals surface area contributed by atoms with Gasteiger partial charge in [0.05, 0.1) is 6.04 Å². The van der Waals surface area contributed by atoms with Gasteiger partial charge in [-0.05, 0) is 60.2 Å². The highest BCUT2D eigenvalue weighted by Crippen LogP contribution is 2.30. The molecule has 0 bridgehead atoms. The molecule has 2 atom stereocenters. The summed E-state index contributed by atoms with van der Waals surface area (Å²) >= 11 is 6.05. The first-order valence-corrected chi connectivity index (χ1v) is 11.5. The molecule has 6 heteroatoms. The molecule has 0 aliphatic carbocycles. The van der Waals surface area contributed by atoms with E-state index in [4.69, 9.17) is 11.6 Å². The van der Waals surface area contributed by atoms with Gasteiger partial charge in [-0.15, -0.1) is 0 Å².